The van der Waals surface area contributed by atoms with E-state index in [9.17, 15) is 0 Å². The van der Waals surface area contributed by atoms with E-state index in [1.165, 1.54) is 0 Å². The van der Waals surface area contributed by atoms with Gasteiger partial charge in [-0.25, -0.2) is 0 Å². The maximum absolute atomic E-state index is 8.44. The van der Waals surface area contributed by atoms with Crippen LogP contribution in [0.4, 0.5) is 9.59 Å². The summed E-state index contributed by atoms with van der Waals surface area (Å²) in [6, 6.07) is 0. The second-order valence-electron chi connectivity index (χ2n) is 0.516. The van der Waals surface area contributed by atoms with Crippen LogP contribution in [0.25, 0.3) is 0 Å². The zero-order valence-corrected chi connectivity index (χ0v) is 9.64. The fourth-order valence-electron chi connectivity index (χ4n) is 0. The quantitative estimate of drug-likeness (QED) is 0.434. The second kappa shape index (κ2) is 16.4. The van der Waals surface area contributed by atoms with Gasteiger partial charge in [-0.15, -0.1) is 0 Å². The molecule has 0 aromatic heterocycles. The maximum Gasteiger partial charge on any atom is 2.00 e. The molecule has 0 unspecified atom stereocenters. The van der Waals surface area contributed by atoms with Gasteiger partial charge in [-0.1, -0.05) is 0 Å². The van der Waals surface area contributed by atoms with E-state index in [1.807, 2.05) is 0 Å². The van der Waals surface area contributed by atoms with Gasteiger partial charge < -0.3 is 30.0 Å². The van der Waals surface area contributed by atoms with Crippen molar-refractivity contribution in [2.75, 3.05) is 0 Å². The topological polar surface area (TPSA) is 124 Å². The maximum atomic E-state index is 8.44. The van der Waals surface area contributed by atoms with Crippen molar-refractivity contribution in [3.05, 3.63) is 0 Å². The third kappa shape index (κ3) is 1030. The van der Waals surface area contributed by atoms with E-state index in [2.05, 4.69) is 0 Å². The van der Waals surface area contributed by atoms with Gasteiger partial charge in [0.1, 0.15) is 0 Å². The number of rotatable bonds is 0. The molecule has 0 aromatic rings. The van der Waals surface area contributed by atoms with Gasteiger partial charge in [0.05, 0.1) is 0 Å². The number of carbonyl (C=O) groups is 2. The molecule has 0 atom stereocenters. The average molecular weight is 265 g/mol. The van der Waals surface area contributed by atoms with Crippen molar-refractivity contribution in [1.82, 2.24) is 0 Å². The van der Waals surface area contributed by atoms with Gasteiger partial charge in [-0.2, -0.15) is 0 Å². The minimum absolute atomic E-state index is 0. The van der Waals surface area contributed by atoms with Crippen molar-refractivity contribution in [3.63, 3.8) is 0 Å². The number of carboxylic acid groups (broad SMARTS) is 4. The molecule has 0 fully saturated rings. The van der Waals surface area contributed by atoms with E-state index in [1.54, 1.807) is 0 Å². The Labute approximate surface area is 108 Å². The Balaban J connectivity index is -0.0000000300. The van der Waals surface area contributed by atoms with E-state index >= 15 is 0 Å². The number of carbonyl (C=O) groups excluding carboxylic acids is 1. The van der Waals surface area contributed by atoms with E-state index in [0.717, 1.165) is 0 Å². The van der Waals surface area contributed by atoms with Crippen molar-refractivity contribution >= 4 is 61.2 Å². The molecule has 0 saturated carbocycles. The first-order valence-electron chi connectivity index (χ1n) is 1.24. The summed E-state index contributed by atoms with van der Waals surface area (Å²) in [5, 5.41) is 32.0. The van der Waals surface area contributed by atoms with Crippen LogP contribution in [0.5, 0.6) is 0 Å². The minimum Gasteiger partial charge on any atom is -0.652 e. The summed E-state index contributed by atoms with van der Waals surface area (Å²) in [6.45, 7) is 0. The predicted molar refractivity (Wildman–Crippen MR) is 19.2 cm³/mol. The molecule has 48 valence electrons. The SMILES string of the molecule is O=C([O-])O.O=C([O-])[O-].[Ba+2].[Li+]. The van der Waals surface area contributed by atoms with Gasteiger partial charge in [-0.3, -0.25) is 0 Å². The Morgan fingerprint density at radius 2 is 1.10 bits per heavy atom. The zero-order valence-electron chi connectivity index (χ0n) is 5.20. The normalized spacial score (nSPS) is 4.80. The molecule has 0 spiro atoms. The predicted octanol–water partition coefficient (Wildman–Crippen LogP) is -6.94. The third-order valence-corrected chi connectivity index (χ3v) is 0. The first-order valence-corrected chi connectivity index (χ1v) is 1.24. The van der Waals surface area contributed by atoms with Gasteiger partial charge in [0.2, 0.25) is 6.16 Å². The molecule has 0 aliphatic carbocycles. The Kier molecular flexibility index (Phi) is 36.7. The summed E-state index contributed by atoms with van der Waals surface area (Å²) < 4.78 is 0. The van der Waals surface area contributed by atoms with Gasteiger partial charge in [0, 0.05) is 0 Å². The van der Waals surface area contributed by atoms with Crippen LogP contribution in [-0.4, -0.2) is 66.3 Å². The van der Waals surface area contributed by atoms with E-state index in [0.29, 0.717) is 0 Å². The fraction of sp³-hybridized carbons (Fsp3) is 0. The molecule has 0 amide bonds. The van der Waals surface area contributed by atoms with Gasteiger partial charge in [0.25, 0.3) is 0 Å². The van der Waals surface area contributed by atoms with Crippen molar-refractivity contribution in [2.45, 2.75) is 0 Å². The molecule has 0 aromatic carbocycles. The van der Waals surface area contributed by atoms with Crippen molar-refractivity contribution in [1.29, 1.82) is 0 Å². The van der Waals surface area contributed by atoms with E-state index in [-0.39, 0.29) is 67.7 Å². The molecule has 0 aliphatic rings. The van der Waals surface area contributed by atoms with Crippen molar-refractivity contribution in [3.8, 4) is 0 Å². The summed E-state index contributed by atoms with van der Waals surface area (Å²) in [5.41, 5.74) is 0. The van der Waals surface area contributed by atoms with Crippen molar-refractivity contribution in [2.24, 2.45) is 0 Å². The largest absolute Gasteiger partial charge is 2.00 e. The van der Waals surface area contributed by atoms with Gasteiger partial charge in [-0.05, 0) is 6.16 Å². The molecule has 8 heteroatoms. The van der Waals surface area contributed by atoms with Crippen LogP contribution in [0.2, 0.25) is 0 Å². The van der Waals surface area contributed by atoms with Crippen LogP contribution >= 0.6 is 0 Å². The molecule has 0 bridgehead atoms. The van der Waals surface area contributed by atoms with Crippen molar-refractivity contribution < 1.29 is 48.9 Å². The van der Waals surface area contributed by atoms with Crippen LogP contribution < -0.4 is 34.2 Å². The monoisotopic (exact) mass is 266 g/mol. The Morgan fingerprint density at radius 3 is 1.10 bits per heavy atom. The Bertz CT molecular complexity index is 73.7. The average Bonchev–Trinajstić information content (AvgIpc) is 1.25. The summed E-state index contributed by atoms with van der Waals surface area (Å²) in [7, 11) is 0. The molecule has 0 aliphatic heterocycles. The third-order valence-electron chi connectivity index (χ3n) is 0. The second-order valence-corrected chi connectivity index (χ2v) is 0.516. The molecule has 0 radical (unpaired) electrons. The van der Waals surface area contributed by atoms with Gasteiger partial charge in [0.15, 0.2) is 0 Å². The molecule has 10 heavy (non-hydrogen) atoms. The van der Waals surface area contributed by atoms with E-state index in [4.69, 9.17) is 30.0 Å². The van der Waals surface area contributed by atoms with E-state index < -0.39 is 12.3 Å². The minimum atomic E-state index is -2.33. The molecule has 0 heterocycles. The molecule has 0 saturated heterocycles. The molecule has 6 nitrogen and oxygen atoms in total. The molecule has 1 N–H and O–H groups in total. The first kappa shape index (κ1) is 22.4. The summed E-state index contributed by atoms with van der Waals surface area (Å²) in [5.74, 6) is 0. The van der Waals surface area contributed by atoms with Crippen LogP contribution in [0.15, 0.2) is 0 Å². The van der Waals surface area contributed by atoms with Crippen LogP contribution in [0.3, 0.4) is 0 Å². The standard InChI is InChI=1S/2CH2O3.Ba.Li/c2*2-1(3)4;;/h2*(H2,2,3,4);;/q;;+2;+1/p-3. The van der Waals surface area contributed by atoms with Crippen LogP contribution in [-0.2, 0) is 0 Å². The Morgan fingerprint density at radius 1 is 1.10 bits per heavy atom. The summed E-state index contributed by atoms with van der Waals surface area (Å²) in [6.07, 6.45) is -4.42. The van der Waals surface area contributed by atoms with Gasteiger partial charge >= 0.3 is 67.7 Å². The smallest absolute Gasteiger partial charge is 0.652 e. The van der Waals surface area contributed by atoms with Crippen LogP contribution in [0.1, 0.15) is 0 Å². The molecule has 0 rings (SSSR count). The summed E-state index contributed by atoms with van der Waals surface area (Å²) in [4.78, 5) is 16.8. The molecular weight excluding hydrogens is 264 g/mol. The fourth-order valence-corrected chi connectivity index (χ4v) is 0. The van der Waals surface area contributed by atoms with Crippen LogP contribution in [0, 0.1) is 0 Å². The molecular formula is C2HBaLiO6. The first-order chi connectivity index (χ1) is 3.46. The summed E-state index contributed by atoms with van der Waals surface area (Å²) >= 11 is 0. The zero-order chi connectivity index (χ0) is 7.15. The Hall–Kier alpha value is 0.709. The number of hydrogen-bond donors (Lipinski definition) is 1. The number of hydrogen-bond acceptors (Lipinski definition) is 5.